The van der Waals surface area contributed by atoms with E-state index in [4.69, 9.17) is 10.7 Å². The lowest BCUT2D eigenvalue weighted by Crippen LogP contribution is -2.30. The van der Waals surface area contributed by atoms with E-state index in [1.807, 2.05) is 12.3 Å². The van der Waals surface area contributed by atoms with Crippen LogP contribution in [0.25, 0.3) is 61.7 Å². The standard InChI is InChI=1S/C53H41N5/c1-33-47(48-49(54)39-15-5-9-20-44(39)53(48)42-18-7-3-13-37(42)38-14-4-8-19-43(38)53)40-16-6-10-21-45(40)57(33)36-25-23-34(24-26-36)35-27-29-52(2,30-28-35)58-46-22-12-31-55-50(46)41-17-11-32-56-51(41)58/h3-29,31,56H,30,32,54H2,1-2H3. The Kier molecular flexibility index (Phi) is 6.81. The van der Waals surface area contributed by atoms with Gasteiger partial charge in [-0.15, -0.1) is 0 Å². The van der Waals surface area contributed by atoms with Gasteiger partial charge in [0.1, 0.15) is 5.82 Å². The normalized spacial score (nSPS) is 18.3. The molecule has 4 aliphatic rings. The second kappa shape index (κ2) is 12.0. The predicted octanol–water partition coefficient (Wildman–Crippen LogP) is 11.6. The number of nitrogens with one attached hydrogen (secondary N) is 1. The molecule has 58 heavy (non-hydrogen) atoms. The van der Waals surface area contributed by atoms with Crippen molar-refractivity contribution in [1.29, 1.82) is 0 Å². The van der Waals surface area contributed by atoms with E-state index in [0.717, 1.165) is 46.8 Å². The number of aromatic nitrogens is 3. The summed E-state index contributed by atoms with van der Waals surface area (Å²) < 4.78 is 4.87. The zero-order valence-electron chi connectivity index (χ0n) is 32.5. The summed E-state index contributed by atoms with van der Waals surface area (Å²) in [5, 5.41) is 4.85. The van der Waals surface area contributed by atoms with E-state index in [-0.39, 0.29) is 5.54 Å². The molecular formula is C53H41N5. The highest BCUT2D eigenvalue weighted by Gasteiger charge is 2.54. The van der Waals surface area contributed by atoms with Crippen LogP contribution in [-0.2, 0) is 11.0 Å². The Morgan fingerprint density at radius 1 is 0.707 bits per heavy atom. The van der Waals surface area contributed by atoms with E-state index in [9.17, 15) is 0 Å². The molecule has 5 aromatic carbocycles. The number of hydrogen-bond donors (Lipinski definition) is 2. The second-order valence-electron chi connectivity index (χ2n) is 16.3. The van der Waals surface area contributed by atoms with Crippen LogP contribution in [0.15, 0.2) is 164 Å². The number of allylic oxidation sites excluding steroid dienone is 5. The monoisotopic (exact) mass is 747 g/mol. The molecule has 3 aliphatic carbocycles. The summed E-state index contributed by atoms with van der Waals surface area (Å²) >= 11 is 0. The number of benzene rings is 5. The van der Waals surface area contributed by atoms with Gasteiger partial charge < -0.3 is 20.2 Å². The molecule has 3 N–H and O–H groups in total. The van der Waals surface area contributed by atoms with Crippen molar-refractivity contribution >= 4 is 50.7 Å². The molecule has 1 unspecified atom stereocenters. The van der Waals surface area contributed by atoms with E-state index in [1.165, 1.54) is 72.3 Å². The zero-order chi connectivity index (χ0) is 38.8. The Labute approximate surface area is 337 Å². The summed E-state index contributed by atoms with van der Waals surface area (Å²) in [5.41, 5.74) is 26.7. The molecule has 1 atom stereocenters. The maximum Gasteiger partial charge on any atom is 0.117 e. The van der Waals surface area contributed by atoms with E-state index < -0.39 is 5.41 Å². The fraction of sp³-hybridized carbons (Fsp3) is 0.113. The van der Waals surface area contributed by atoms with Crippen LogP contribution in [0, 0.1) is 6.92 Å². The summed E-state index contributed by atoms with van der Waals surface area (Å²) in [6.07, 6.45) is 14.2. The molecule has 1 aliphatic heterocycles. The Morgan fingerprint density at radius 3 is 2.09 bits per heavy atom. The van der Waals surface area contributed by atoms with Crippen LogP contribution in [0.5, 0.6) is 0 Å². The SMILES string of the molecule is Cc1c(C2=C(N)c3ccccc3C23c2ccccc2-c2ccccc23)c2ccccc2n1-c1ccc(C2=CCC(C)(n3c4c(c5ncccc53)C=CCN4)C=C2)cc1. The lowest BCUT2D eigenvalue weighted by atomic mass is 9.67. The molecule has 5 nitrogen and oxygen atoms in total. The highest BCUT2D eigenvalue weighted by molar-refractivity contribution is 6.14. The van der Waals surface area contributed by atoms with E-state index >= 15 is 0 Å². The highest BCUT2D eigenvalue weighted by atomic mass is 15.2. The van der Waals surface area contributed by atoms with Gasteiger partial charge in [0.25, 0.3) is 0 Å². The molecule has 0 bridgehead atoms. The molecular weight excluding hydrogens is 707 g/mol. The minimum Gasteiger partial charge on any atom is -0.398 e. The third kappa shape index (κ3) is 4.23. The van der Waals surface area contributed by atoms with Crippen molar-refractivity contribution < 1.29 is 0 Å². The van der Waals surface area contributed by atoms with Gasteiger partial charge in [-0.2, -0.15) is 0 Å². The molecule has 8 aromatic rings. The van der Waals surface area contributed by atoms with Gasteiger partial charge >= 0.3 is 0 Å². The minimum atomic E-state index is -0.540. The first-order chi connectivity index (χ1) is 28.5. The van der Waals surface area contributed by atoms with Gasteiger partial charge in [0.2, 0.25) is 0 Å². The Bertz CT molecular complexity index is 3140. The Morgan fingerprint density at radius 2 is 1.36 bits per heavy atom. The molecule has 0 amide bonds. The largest absolute Gasteiger partial charge is 0.398 e. The maximum atomic E-state index is 7.46. The molecule has 12 rings (SSSR count). The fourth-order valence-corrected chi connectivity index (χ4v) is 10.9. The van der Waals surface area contributed by atoms with Crippen molar-refractivity contribution in [3.63, 3.8) is 0 Å². The average molecular weight is 748 g/mol. The summed E-state index contributed by atoms with van der Waals surface area (Å²) in [5.74, 6) is 1.14. The van der Waals surface area contributed by atoms with Gasteiger partial charge in [-0.3, -0.25) is 4.98 Å². The topological polar surface area (TPSA) is 60.8 Å². The van der Waals surface area contributed by atoms with Crippen LogP contribution in [-0.4, -0.2) is 20.7 Å². The number of hydrogen-bond acceptors (Lipinski definition) is 3. The van der Waals surface area contributed by atoms with E-state index in [2.05, 4.69) is 186 Å². The highest BCUT2D eigenvalue weighted by Crippen LogP contribution is 2.64. The summed E-state index contributed by atoms with van der Waals surface area (Å²) in [6, 6.07) is 48.8. The molecule has 3 aromatic heterocycles. The number of pyridine rings is 1. The number of para-hydroxylation sites is 1. The first-order valence-corrected chi connectivity index (χ1v) is 20.3. The van der Waals surface area contributed by atoms with Gasteiger partial charge in [0.05, 0.1) is 27.5 Å². The first kappa shape index (κ1) is 33.1. The predicted molar refractivity (Wildman–Crippen MR) is 240 cm³/mol. The van der Waals surface area contributed by atoms with Gasteiger partial charge in [-0.1, -0.05) is 134 Å². The van der Waals surface area contributed by atoms with Gasteiger partial charge in [-0.25, -0.2) is 0 Å². The van der Waals surface area contributed by atoms with Crippen LogP contribution >= 0.6 is 0 Å². The number of fused-ring (bicyclic) bond motifs is 11. The summed E-state index contributed by atoms with van der Waals surface area (Å²) in [4.78, 5) is 4.77. The van der Waals surface area contributed by atoms with Crippen LogP contribution in [0.4, 0.5) is 5.82 Å². The van der Waals surface area contributed by atoms with Gasteiger partial charge in [-0.05, 0) is 89.6 Å². The molecule has 278 valence electrons. The molecule has 0 radical (unpaired) electrons. The minimum absolute atomic E-state index is 0.234. The lowest BCUT2D eigenvalue weighted by molar-refractivity contribution is 0.430. The molecule has 0 fully saturated rings. The number of anilines is 1. The smallest absolute Gasteiger partial charge is 0.117 e. The van der Waals surface area contributed by atoms with Gasteiger partial charge in [0, 0.05) is 57.5 Å². The Balaban J connectivity index is 0.965. The summed E-state index contributed by atoms with van der Waals surface area (Å²) in [7, 11) is 0. The third-order valence-corrected chi connectivity index (χ3v) is 13.3. The molecule has 0 saturated heterocycles. The Hall–Kier alpha value is -7.11. The van der Waals surface area contributed by atoms with Gasteiger partial charge in [0.15, 0.2) is 0 Å². The molecule has 4 heterocycles. The van der Waals surface area contributed by atoms with Crippen LogP contribution < -0.4 is 11.1 Å². The maximum absolute atomic E-state index is 7.46. The first-order valence-electron chi connectivity index (χ1n) is 20.3. The van der Waals surface area contributed by atoms with Crippen molar-refractivity contribution in [3.8, 4) is 16.8 Å². The molecule has 5 heteroatoms. The second-order valence-corrected chi connectivity index (χ2v) is 16.3. The number of rotatable bonds is 4. The quantitative estimate of drug-likeness (QED) is 0.188. The zero-order valence-corrected chi connectivity index (χ0v) is 32.5. The number of nitrogens with zero attached hydrogens (tertiary/aromatic N) is 3. The molecule has 0 saturated carbocycles. The van der Waals surface area contributed by atoms with Crippen molar-refractivity contribution in [1.82, 2.24) is 14.1 Å². The van der Waals surface area contributed by atoms with Crippen LogP contribution in [0.2, 0.25) is 0 Å². The number of nitrogens with two attached hydrogens (primary N) is 1. The average Bonchev–Trinajstić information content (AvgIpc) is 3.95. The molecule has 1 spiro atoms. The van der Waals surface area contributed by atoms with Crippen molar-refractivity contribution in [3.05, 3.63) is 209 Å². The van der Waals surface area contributed by atoms with E-state index in [0.29, 0.717) is 0 Å². The van der Waals surface area contributed by atoms with Crippen molar-refractivity contribution in [2.24, 2.45) is 5.73 Å². The lowest BCUT2D eigenvalue weighted by Gasteiger charge is -2.33. The van der Waals surface area contributed by atoms with Crippen molar-refractivity contribution in [2.75, 3.05) is 11.9 Å². The summed E-state index contributed by atoms with van der Waals surface area (Å²) in [6.45, 7) is 5.40. The van der Waals surface area contributed by atoms with E-state index in [1.54, 1.807) is 0 Å². The fourth-order valence-electron chi connectivity index (χ4n) is 10.9. The van der Waals surface area contributed by atoms with Crippen LogP contribution in [0.1, 0.15) is 58.0 Å². The van der Waals surface area contributed by atoms with Crippen LogP contribution in [0.3, 0.4) is 0 Å². The third-order valence-electron chi connectivity index (χ3n) is 13.3. The van der Waals surface area contributed by atoms with Crippen molar-refractivity contribution in [2.45, 2.75) is 31.2 Å².